The van der Waals surface area contributed by atoms with Crippen LogP contribution in [0.4, 0.5) is 0 Å². The van der Waals surface area contributed by atoms with Gasteiger partial charge in [0.2, 0.25) is 0 Å². The molecule has 1 aromatic rings. The summed E-state index contributed by atoms with van der Waals surface area (Å²) in [6.45, 7) is 3.40. The fourth-order valence-electron chi connectivity index (χ4n) is 2.28. The van der Waals surface area contributed by atoms with Gasteiger partial charge in [0.1, 0.15) is 0 Å². The summed E-state index contributed by atoms with van der Waals surface area (Å²) < 4.78 is 4.87. The number of hydrogen-bond donors (Lipinski definition) is 0. The SMILES string of the molecule is CC(=O)OC=C(C)Cc1ccc2c(c1)CCC2. The van der Waals surface area contributed by atoms with Crippen molar-refractivity contribution < 1.29 is 9.53 Å². The minimum absolute atomic E-state index is 0.265. The standard InChI is InChI=1S/C15H18O2/c1-11(10-17-12(2)16)8-13-6-7-14-4-3-5-15(14)9-13/h6-7,9-10H,3-5,8H2,1-2H3. The smallest absolute Gasteiger partial charge is 0.307 e. The van der Waals surface area contributed by atoms with Gasteiger partial charge >= 0.3 is 5.97 Å². The van der Waals surface area contributed by atoms with E-state index in [-0.39, 0.29) is 5.97 Å². The molecular formula is C15H18O2. The van der Waals surface area contributed by atoms with Crippen LogP contribution in [0.1, 0.15) is 37.0 Å². The summed E-state index contributed by atoms with van der Waals surface area (Å²) in [6, 6.07) is 6.69. The maximum atomic E-state index is 10.7. The molecule has 1 aliphatic carbocycles. The highest BCUT2D eigenvalue weighted by atomic mass is 16.5. The van der Waals surface area contributed by atoms with E-state index in [1.165, 1.54) is 42.9 Å². The molecule has 0 saturated heterocycles. The lowest BCUT2D eigenvalue weighted by Gasteiger charge is -2.05. The second-order valence-corrected chi connectivity index (χ2v) is 4.71. The molecule has 0 amide bonds. The van der Waals surface area contributed by atoms with Crippen molar-refractivity contribution in [3.05, 3.63) is 46.7 Å². The molecule has 0 radical (unpaired) electrons. The first kappa shape index (κ1) is 11.9. The first-order valence-electron chi connectivity index (χ1n) is 6.08. The van der Waals surface area contributed by atoms with Crippen molar-refractivity contribution in [2.45, 2.75) is 39.5 Å². The molecule has 0 unspecified atom stereocenters. The second-order valence-electron chi connectivity index (χ2n) is 4.71. The van der Waals surface area contributed by atoms with Crippen LogP contribution in [0.25, 0.3) is 0 Å². The molecule has 0 saturated carbocycles. The summed E-state index contributed by atoms with van der Waals surface area (Å²) >= 11 is 0. The Hall–Kier alpha value is -1.57. The molecule has 0 atom stereocenters. The average Bonchev–Trinajstić information content (AvgIpc) is 2.73. The number of carbonyl (C=O) groups excluding carboxylic acids is 1. The third-order valence-corrected chi connectivity index (χ3v) is 3.07. The van der Waals surface area contributed by atoms with Gasteiger partial charge in [0, 0.05) is 6.92 Å². The lowest BCUT2D eigenvalue weighted by atomic mass is 10.0. The van der Waals surface area contributed by atoms with Crippen LogP contribution in [0.15, 0.2) is 30.0 Å². The Morgan fingerprint density at radius 2 is 2.06 bits per heavy atom. The summed E-state index contributed by atoms with van der Waals surface area (Å²) in [5.74, 6) is -0.265. The molecule has 17 heavy (non-hydrogen) atoms. The van der Waals surface area contributed by atoms with Gasteiger partial charge in [-0.05, 0) is 54.9 Å². The molecule has 0 spiro atoms. The minimum Gasteiger partial charge on any atom is -0.435 e. The number of hydrogen-bond acceptors (Lipinski definition) is 2. The molecule has 0 bridgehead atoms. The highest BCUT2D eigenvalue weighted by molar-refractivity contribution is 5.66. The number of benzene rings is 1. The molecule has 0 heterocycles. The number of aryl methyl sites for hydroxylation is 2. The molecule has 0 aliphatic heterocycles. The van der Waals surface area contributed by atoms with Crippen molar-refractivity contribution >= 4 is 5.97 Å². The molecule has 2 nitrogen and oxygen atoms in total. The molecule has 2 rings (SSSR count). The third kappa shape index (κ3) is 3.19. The maximum absolute atomic E-state index is 10.7. The first-order chi connectivity index (χ1) is 8.15. The predicted molar refractivity (Wildman–Crippen MR) is 67.7 cm³/mol. The van der Waals surface area contributed by atoms with E-state index in [1.54, 1.807) is 6.26 Å². The van der Waals surface area contributed by atoms with Crippen LogP contribution in [-0.2, 0) is 28.8 Å². The summed E-state index contributed by atoms with van der Waals surface area (Å²) in [6.07, 6.45) is 6.10. The quantitative estimate of drug-likeness (QED) is 0.589. The summed E-state index contributed by atoms with van der Waals surface area (Å²) in [5.41, 5.74) is 5.35. The van der Waals surface area contributed by atoms with E-state index in [4.69, 9.17) is 4.74 Å². The largest absolute Gasteiger partial charge is 0.435 e. The number of ether oxygens (including phenoxy) is 1. The zero-order valence-corrected chi connectivity index (χ0v) is 10.5. The highest BCUT2D eigenvalue weighted by Crippen LogP contribution is 2.23. The maximum Gasteiger partial charge on any atom is 0.307 e. The van der Waals surface area contributed by atoms with E-state index in [2.05, 4.69) is 18.2 Å². The second kappa shape index (κ2) is 5.17. The summed E-state index contributed by atoms with van der Waals surface area (Å²) in [5, 5.41) is 0. The normalized spacial score (nSPS) is 14.6. The van der Waals surface area contributed by atoms with E-state index in [0.717, 1.165) is 12.0 Å². The predicted octanol–water partition coefficient (Wildman–Crippen LogP) is 3.18. The van der Waals surface area contributed by atoms with Gasteiger partial charge in [-0.25, -0.2) is 0 Å². The fraction of sp³-hybridized carbons (Fsp3) is 0.400. The third-order valence-electron chi connectivity index (χ3n) is 3.07. The van der Waals surface area contributed by atoms with Crippen molar-refractivity contribution in [1.82, 2.24) is 0 Å². The molecule has 2 heteroatoms. The van der Waals surface area contributed by atoms with Crippen LogP contribution >= 0.6 is 0 Å². The van der Waals surface area contributed by atoms with Gasteiger partial charge in [0.05, 0.1) is 6.26 Å². The lowest BCUT2D eigenvalue weighted by molar-refractivity contribution is -0.135. The van der Waals surface area contributed by atoms with Crippen LogP contribution in [0.3, 0.4) is 0 Å². The molecule has 90 valence electrons. The van der Waals surface area contributed by atoms with Crippen molar-refractivity contribution in [1.29, 1.82) is 0 Å². The van der Waals surface area contributed by atoms with Crippen molar-refractivity contribution in [3.8, 4) is 0 Å². The van der Waals surface area contributed by atoms with Gasteiger partial charge in [-0.3, -0.25) is 4.79 Å². The molecule has 1 aliphatic rings. The van der Waals surface area contributed by atoms with Crippen LogP contribution in [-0.4, -0.2) is 5.97 Å². The highest BCUT2D eigenvalue weighted by Gasteiger charge is 2.10. The van der Waals surface area contributed by atoms with Gasteiger partial charge in [-0.15, -0.1) is 0 Å². The zero-order chi connectivity index (χ0) is 12.3. The minimum atomic E-state index is -0.265. The number of rotatable bonds is 3. The van der Waals surface area contributed by atoms with E-state index in [9.17, 15) is 4.79 Å². The fourth-order valence-corrected chi connectivity index (χ4v) is 2.28. The molecule has 0 aromatic heterocycles. The number of carbonyl (C=O) groups is 1. The Kier molecular flexibility index (Phi) is 3.62. The van der Waals surface area contributed by atoms with Gasteiger partial charge in [0.15, 0.2) is 0 Å². The zero-order valence-electron chi connectivity index (χ0n) is 10.5. The van der Waals surface area contributed by atoms with Gasteiger partial charge < -0.3 is 4.74 Å². The molecule has 0 fully saturated rings. The number of esters is 1. The van der Waals surface area contributed by atoms with Crippen LogP contribution in [0, 0.1) is 0 Å². The van der Waals surface area contributed by atoms with Crippen LogP contribution < -0.4 is 0 Å². The van der Waals surface area contributed by atoms with E-state index in [1.807, 2.05) is 6.92 Å². The molecular weight excluding hydrogens is 212 g/mol. The Bertz CT molecular complexity index is 458. The Morgan fingerprint density at radius 3 is 2.82 bits per heavy atom. The number of fused-ring (bicyclic) bond motifs is 1. The van der Waals surface area contributed by atoms with Gasteiger partial charge in [-0.2, -0.15) is 0 Å². The Labute approximate surface area is 102 Å². The van der Waals surface area contributed by atoms with E-state index in [0.29, 0.717) is 0 Å². The van der Waals surface area contributed by atoms with Crippen molar-refractivity contribution in [3.63, 3.8) is 0 Å². The summed E-state index contributed by atoms with van der Waals surface area (Å²) in [4.78, 5) is 10.7. The molecule has 0 N–H and O–H groups in total. The Balaban J connectivity index is 2.04. The van der Waals surface area contributed by atoms with Crippen LogP contribution in [0.5, 0.6) is 0 Å². The summed E-state index contributed by atoms with van der Waals surface area (Å²) in [7, 11) is 0. The van der Waals surface area contributed by atoms with Gasteiger partial charge in [-0.1, -0.05) is 18.2 Å². The van der Waals surface area contributed by atoms with E-state index >= 15 is 0 Å². The first-order valence-corrected chi connectivity index (χ1v) is 6.08. The van der Waals surface area contributed by atoms with Crippen LogP contribution in [0.2, 0.25) is 0 Å². The monoisotopic (exact) mass is 230 g/mol. The number of allylic oxidation sites excluding steroid dienone is 1. The lowest BCUT2D eigenvalue weighted by Crippen LogP contribution is -1.94. The average molecular weight is 230 g/mol. The van der Waals surface area contributed by atoms with Crippen molar-refractivity contribution in [2.24, 2.45) is 0 Å². The van der Waals surface area contributed by atoms with E-state index < -0.39 is 0 Å². The topological polar surface area (TPSA) is 26.3 Å². The molecule has 1 aromatic carbocycles. The van der Waals surface area contributed by atoms with Gasteiger partial charge in [0.25, 0.3) is 0 Å². The Morgan fingerprint density at radius 1 is 1.29 bits per heavy atom. The van der Waals surface area contributed by atoms with Crippen molar-refractivity contribution in [2.75, 3.05) is 0 Å².